The zero-order valence-electron chi connectivity index (χ0n) is 15.7. The number of aromatic nitrogens is 3. The van der Waals surface area contributed by atoms with Gasteiger partial charge in [-0.2, -0.15) is 5.10 Å². The van der Waals surface area contributed by atoms with Crippen LogP contribution in [0.5, 0.6) is 0 Å². The second-order valence-corrected chi connectivity index (χ2v) is 7.92. The van der Waals surface area contributed by atoms with E-state index in [-0.39, 0.29) is 24.2 Å². The molecular formula is C21H20BrN5O2. The van der Waals surface area contributed by atoms with Crippen molar-refractivity contribution in [1.82, 2.24) is 20.1 Å². The molecule has 0 spiro atoms. The van der Waals surface area contributed by atoms with Gasteiger partial charge in [0.05, 0.1) is 12.5 Å². The molecule has 7 nitrogen and oxygen atoms in total. The SMILES string of the molecule is O=C(NCc1ccc(Cn2cncn2)cc1)C1CC(=O)N(c2ccc(Br)cc2)C1. The summed E-state index contributed by atoms with van der Waals surface area (Å²) in [6.07, 6.45) is 3.42. The van der Waals surface area contributed by atoms with E-state index >= 15 is 0 Å². The summed E-state index contributed by atoms with van der Waals surface area (Å²) in [7, 11) is 0. The van der Waals surface area contributed by atoms with E-state index in [9.17, 15) is 9.59 Å². The van der Waals surface area contributed by atoms with Crippen molar-refractivity contribution in [2.45, 2.75) is 19.5 Å². The molecule has 1 aliphatic rings. The van der Waals surface area contributed by atoms with E-state index in [1.807, 2.05) is 48.5 Å². The normalized spacial score (nSPS) is 16.2. The van der Waals surface area contributed by atoms with Gasteiger partial charge in [0.15, 0.2) is 0 Å². The summed E-state index contributed by atoms with van der Waals surface area (Å²) >= 11 is 3.39. The van der Waals surface area contributed by atoms with Crippen LogP contribution in [-0.2, 0) is 22.7 Å². The van der Waals surface area contributed by atoms with Crippen LogP contribution in [0, 0.1) is 5.92 Å². The van der Waals surface area contributed by atoms with Gasteiger partial charge in [0.1, 0.15) is 12.7 Å². The highest BCUT2D eigenvalue weighted by Crippen LogP contribution is 2.26. The van der Waals surface area contributed by atoms with Gasteiger partial charge in [0, 0.05) is 29.7 Å². The second kappa shape index (κ2) is 8.57. The third kappa shape index (κ3) is 4.71. The van der Waals surface area contributed by atoms with Crippen molar-refractivity contribution in [2.24, 2.45) is 5.92 Å². The number of nitrogens with one attached hydrogen (secondary N) is 1. The first-order valence-corrected chi connectivity index (χ1v) is 10.1. The van der Waals surface area contributed by atoms with E-state index in [0.717, 1.165) is 21.3 Å². The van der Waals surface area contributed by atoms with Crippen molar-refractivity contribution in [3.05, 3.63) is 76.8 Å². The van der Waals surface area contributed by atoms with Crippen molar-refractivity contribution >= 4 is 33.4 Å². The Morgan fingerprint density at radius 1 is 1.10 bits per heavy atom. The van der Waals surface area contributed by atoms with Crippen LogP contribution in [0.25, 0.3) is 0 Å². The van der Waals surface area contributed by atoms with E-state index < -0.39 is 0 Å². The van der Waals surface area contributed by atoms with E-state index in [4.69, 9.17) is 0 Å². The van der Waals surface area contributed by atoms with Crippen LogP contribution in [0.15, 0.2) is 65.7 Å². The van der Waals surface area contributed by atoms with Gasteiger partial charge in [0.2, 0.25) is 11.8 Å². The smallest absolute Gasteiger partial charge is 0.227 e. The Balaban J connectivity index is 1.30. The highest BCUT2D eigenvalue weighted by molar-refractivity contribution is 9.10. The van der Waals surface area contributed by atoms with E-state index in [1.165, 1.54) is 6.33 Å². The quantitative estimate of drug-likeness (QED) is 0.622. The van der Waals surface area contributed by atoms with Gasteiger partial charge in [-0.15, -0.1) is 0 Å². The number of hydrogen-bond donors (Lipinski definition) is 1. The summed E-state index contributed by atoms with van der Waals surface area (Å²) in [4.78, 5) is 30.5. The number of rotatable bonds is 6. The predicted octanol–water partition coefficient (Wildman–Crippen LogP) is 2.76. The molecular weight excluding hydrogens is 434 g/mol. The maximum absolute atomic E-state index is 12.6. The van der Waals surface area contributed by atoms with Gasteiger partial charge < -0.3 is 10.2 Å². The molecule has 0 bridgehead atoms. The Hall–Kier alpha value is -3.00. The Kier molecular flexibility index (Phi) is 5.71. The molecule has 2 heterocycles. The zero-order chi connectivity index (χ0) is 20.2. The van der Waals surface area contributed by atoms with Crippen LogP contribution >= 0.6 is 15.9 Å². The number of amides is 2. The fourth-order valence-electron chi connectivity index (χ4n) is 3.35. The highest BCUT2D eigenvalue weighted by atomic mass is 79.9. The van der Waals surface area contributed by atoms with Crippen LogP contribution in [-0.4, -0.2) is 33.1 Å². The molecule has 4 rings (SSSR count). The first kappa shape index (κ1) is 19.3. The molecule has 29 heavy (non-hydrogen) atoms. The molecule has 3 aromatic rings. The minimum absolute atomic E-state index is 0.0232. The average Bonchev–Trinajstić information content (AvgIpc) is 3.37. The molecule has 8 heteroatoms. The first-order valence-electron chi connectivity index (χ1n) is 9.32. The molecule has 148 valence electrons. The van der Waals surface area contributed by atoms with Crippen LogP contribution in [0.1, 0.15) is 17.5 Å². The Morgan fingerprint density at radius 2 is 1.83 bits per heavy atom. The van der Waals surface area contributed by atoms with Crippen LogP contribution in [0.3, 0.4) is 0 Å². The van der Waals surface area contributed by atoms with Crippen molar-refractivity contribution in [1.29, 1.82) is 0 Å². The standard InChI is InChI=1S/C21H20BrN5O2/c22-18-5-7-19(8-6-18)27-12-17(9-20(27)28)21(29)24-10-15-1-3-16(4-2-15)11-26-14-23-13-25-26/h1-8,13-14,17H,9-12H2,(H,24,29). The summed E-state index contributed by atoms with van der Waals surface area (Å²) in [5, 5.41) is 7.05. The Morgan fingerprint density at radius 3 is 2.52 bits per heavy atom. The third-order valence-corrected chi connectivity index (χ3v) is 5.46. The lowest BCUT2D eigenvalue weighted by Gasteiger charge is -2.17. The number of nitrogens with zero attached hydrogens (tertiary/aromatic N) is 4. The molecule has 1 aromatic heterocycles. The maximum Gasteiger partial charge on any atom is 0.227 e. The van der Waals surface area contributed by atoms with Gasteiger partial charge in [-0.05, 0) is 35.4 Å². The van der Waals surface area contributed by atoms with Gasteiger partial charge in [-0.1, -0.05) is 40.2 Å². The molecule has 2 amide bonds. The fourth-order valence-corrected chi connectivity index (χ4v) is 3.62. The number of anilines is 1. The van der Waals surface area contributed by atoms with Gasteiger partial charge in [-0.3, -0.25) is 9.59 Å². The van der Waals surface area contributed by atoms with Crippen LogP contribution in [0.4, 0.5) is 5.69 Å². The summed E-state index contributed by atoms with van der Waals surface area (Å²) in [5.74, 6) is -0.452. The van der Waals surface area contributed by atoms with Gasteiger partial charge >= 0.3 is 0 Å². The lowest BCUT2D eigenvalue weighted by atomic mass is 10.1. The summed E-state index contributed by atoms with van der Waals surface area (Å²) in [5.41, 5.74) is 2.93. The second-order valence-electron chi connectivity index (χ2n) is 7.01. The molecule has 0 radical (unpaired) electrons. The molecule has 0 aliphatic carbocycles. The number of halogens is 1. The van der Waals surface area contributed by atoms with Gasteiger partial charge in [0.25, 0.3) is 0 Å². The molecule has 1 N–H and O–H groups in total. The topological polar surface area (TPSA) is 80.1 Å². The molecule has 1 unspecified atom stereocenters. The average molecular weight is 454 g/mol. The van der Waals surface area contributed by atoms with Crippen LogP contribution in [0.2, 0.25) is 0 Å². The largest absolute Gasteiger partial charge is 0.352 e. The predicted molar refractivity (Wildman–Crippen MR) is 112 cm³/mol. The van der Waals surface area contributed by atoms with E-state index in [1.54, 1.807) is 15.9 Å². The summed E-state index contributed by atoms with van der Waals surface area (Å²) < 4.78 is 2.71. The van der Waals surface area contributed by atoms with Crippen molar-refractivity contribution < 1.29 is 9.59 Å². The number of benzene rings is 2. The molecule has 1 saturated heterocycles. The first-order chi connectivity index (χ1) is 14.1. The monoisotopic (exact) mass is 453 g/mol. The molecule has 2 aromatic carbocycles. The lowest BCUT2D eigenvalue weighted by Crippen LogP contribution is -2.32. The van der Waals surface area contributed by atoms with E-state index in [0.29, 0.717) is 19.6 Å². The molecule has 1 atom stereocenters. The highest BCUT2D eigenvalue weighted by Gasteiger charge is 2.34. The lowest BCUT2D eigenvalue weighted by molar-refractivity contribution is -0.126. The zero-order valence-corrected chi connectivity index (χ0v) is 17.2. The van der Waals surface area contributed by atoms with Gasteiger partial charge in [-0.25, -0.2) is 9.67 Å². The fraction of sp³-hybridized carbons (Fsp3) is 0.238. The summed E-state index contributed by atoms with van der Waals surface area (Å²) in [6, 6.07) is 15.5. The minimum atomic E-state index is -0.335. The molecule has 1 fully saturated rings. The Bertz CT molecular complexity index is 987. The van der Waals surface area contributed by atoms with Crippen LogP contribution < -0.4 is 10.2 Å². The van der Waals surface area contributed by atoms with E-state index in [2.05, 4.69) is 31.3 Å². The van der Waals surface area contributed by atoms with Crippen molar-refractivity contribution in [3.63, 3.8) is 0 Å². The van der Waals surface area contributed by atoms with Crippen molar-refractivity contribution in [2.75, 3.05) is 11.4 Å². The minimum Gasteiger partial charge on any atom is -0.352 e. The number of carbonyl (C=O) groups is 2. The number of carbonyl (C=O) groups excluding carboxylic acids is 2. The maximum atomic E-state index is 12.6. The number of hydrogen-bond acceptors (Lipinski definition) is 4. The van der Waals surface area contributed by atoms with Crippen molar-refractivity contribution in [3.8, 4) is 0 Å². The molecule has 0 saturated carbocycles. The molecule has 1 aliphatic heterocycles. The Labute approximate surface area is 176 Å². The summed E-state index contributed by atoms with van der Waals surface area (Å²) in [6.45, 7) is 1.50. The third-order valence-electron chi connectivity index (χ3n) is 4.93.